The Morgan fingerprint density at radius 1 is 1.40 bits per heavy atom. The summed E-state index contributed by atoms with van der Waals surface area (Å²) in [5.74, 6) is 1.81. The molecular weight excluding hydrogens is 297 g/mol. The monoisotopic (exact) mass is 317 g/mol. The zero-order valence-electron chi connectivity index (χ0n) is 12.1. The van der Waals surface area contributed by atoms with Crippen molar-refractivity contribution < 1.29 is 9.47 Å². The smallest absolute Gasteiger partial charge is 0.166 e. The van der Waals surface area contributed by atoms with E-state index in [9.17, 15) is 0 Å². The average molecular weight is 318 g/mol. The number of nitrogens with one attached hydrogen (secondary N) is 1. The highest BCUT2D eigenvalue weighted by Gasteiger charge is 2.13. The van der Waals surface area contributed by atoms with Gasteiger partial charge in [-0.15, -0.1) is 0 Å². The summed E-state index contributed by atoms with van der Waals surface area (Å²) in [6.07, 6.45) is 0. The van der Waals surface area contributed by atoms with Crippen LogP contribution in [0.3, 0.4) is 0 Å². The number of rotatable bonds is 8. The molecule has 20 heavy (non-hydrogen) atoms. The van der Waals surface area contributed by atoms with E-state index in [0.717, 1.165) is 12.1 Å². The fourth-order valence-corrected chi connectivity index (χ4v) is 2.00. The maximum atomic E-state index is 6.10. The summed E-state index contributed by atoms with van der Waals surface area (Å²) in [4.78, 5) is 0. The molecule has 3 nitrogen and oxygen atoms in total. The Morgan fingerprint density at radius 2 is 2.10 bits per heavy atom. The second-order valence-electron chi connectivity index (χ2n) is 4.93. The zero-order chi connectivity index (χ0) is 15.1. The van der Waals surface area contributed by atoms with Gasteiger partial charge in [-0.3, -0.25) is 0 Å². The molecule has 0 saturated carbocycles. The van der Waals surface area contributed by atoms with Gasteiger partial charge in [-0.1, -0.05) is 43.6 Å². The minimum Gasteiger partial charge on any atom is -0.493 e. The number of benzene rings is 1. The third kappa shape index (κ3) is 5.61. The normalized spacial score (nSPS) is 10.7. The first-order valence-electron chi connectivity index (χ1n) is 6.47. The summed E-state index contributed by atoms with van der Waals surface area (Å²) in [6.45, 7) is 9.72. The third-order valence-corrected chi connectivity index (χ3v) is 2.88. The summed E-state index contributed by atoms with van der Waals surface area (Å²) in [6, 6.07) is 3.59. The van der Waals surface area contributed by atoms with E-state index in [0.29, 0.717) is 34.0 Å². The van der Waals surface area contributed by atoms with Crippen LogP contribution in [-0.4, -0.2) is 20.3 Å². The Labute approximate surface area is 130 Å². The van der Waals surface area contributed by atoms with Gasteiger partial charge in [-0.25, -0.2) is 0 Å². The van der Waals surface area contributed by atoms with E-state index in [1.807, 2.05) is 6.07 Å². The molecule has 0 bridgehead atoms. The molecule has 0 radical (unpaired) electrons. The molecule has 0 spiro atoms. The van der Waals surface area contributed by atoms with Crippen LogP contribution in [0.4, 0.5) is 0 Å². The number of methoxy groups -OCH3 is 1. The van der Waals surface area contributed by atoms with Gasteiger partial charge in [0, 0.05) is 28.2 Å². The number of hydrogen-bond acceptors (Lipinski definition) is 3. The Hall–Kier alpha value is -0.900. The van der Waals surface area contributed by atoms with Crippen LogP contribution in [0.15, 0.2) is 23.7 Å². The van der Waals surface area contributed by atoms with Crippen molar-refractivity contribution in [2.75, 3.05) is 20.3 Å². The van der Waals surface area contributed by atoms with Crippen molar-refractivity contribution in [1.29, 1.82) is 0 Å². The Balaban J connectivity index is 2.92. The number of ether oxygens (including phenoxy) is 2. The summed E-state index contributed by atoms with van der Waals surface area (Å²) < 4.78 is 11.0. The molecule has 0 fully saturated rings. The lowest BCUT2D eigenvalue weighted by Gasteiger charge is -2.16. The van der Waals surface area contributed by atoms with Gasteiger partial charge in [0.05, 0.1) is 7.11 Å². The van der Waals surface area contributed by atoms with Crippen LogP contribution in [0.1, 0.15) is 19.4 Å². The number of hydrogen-bond donors (Lipinski definition) is 1. The first-order chi connectivity index (χ1) is 9.43. The predicted octanol–water partition coefficient (Wildman–Crippen LogP) is 4.23. The van der Waals surface area contributed by atoms with Gasteiger partial charge < -0.3 is 14.8 Å². The van der Waals surface area contributed by atoms with E-state index in [-0.39, 0.29) is 6.61 Å². The van der Waals surface area contributed by atoms with Gasteiger partial charge >= 0.3 is 0 Å². The van der Waals surface area contributed by atoms with Crippen molar-refractivity contribution in [3.63, 3.8) is 0 Å². The van der Waals surface area contributed by atoms with Crippen LogP contribution >= 0.6 is 23.2 Å². The van der Waals surface area contributed by atoms with Gasteiger partial charge in [0.15, 0.2) is 11.5 Å². The fourth-order valence-electron chi connectivity index (χ4n) is 1.72. The molecule has 0 amide bonds. The Morgan fingerprint density at radius 3 is 2.65 bits per heavy atom. The topological polar surface area (TPSA) is 30.5 Å². The van der Waals surface area contributed by atoms with Crippen molar-refractivity contribution >= 4 is 23.2 Å². The second-order valence-corrected chi connectivity index (χ2v) is 5.90. The molecule has 0 aliphatic carbocycles. The van der Waals surface area contributed by atoms with Crippen molar-refractivity contribution in [1.82, 2.24) is 5.32 Å². The minimum atomic E-state index is 0.233. The molecule has 0 atom stereocenters. The molecule has 1 rings (SSSR count). The highest BCUT2D eigenvalue weighted by molar-refractivity contribution is 6.31. The molecule has 5 heteroatoms. The van der Waals surface area contributed by atoms with Crippen LogP contribution in [0, 0.1) is 5.92 Å². The molecule has 1 aromatic carbocycles. The molecule has 1 N–H and O–H groups in total. The molecule has 0 aliphatic rings. The Bertz CT molecular complexity index is 461. The predicted molar refractivity (Wildman–Crippen MR) is 85.0 cm³/mol. The van der Waals surface area contributed by atoms with Crippen LogP contribution in [0.5, 0.6) is 11.5 Å². The van der Waals surface area contributed by atoms with Crippen LogP contribution in [-0.2, 0) is 6.54 Å². The first kappa shape index (κ1) is 17.2. The highest BCUT2D eigenvalue weighted by Crippen LogP contribution is 2.35. The molecule has 0 heterocycles. The SMILES string of the molecule is C=C(Cl)COc1c(CNCC(C)C)cc(Cl)cc1OC. The van der Waals surface area contributed by atoms with E-state index in [1.165, 1.54) is 0 Å². The lowest BCUT2D eigenvalue weighted by Crippen LogP contribution is -2.19. The van der Waals surface area contributed by atoms with E-state index in [2.05, 4.69) is 25.7 Å². The molecule has 0 saturated heterocycles. The summed E-state index contributed by atoms with van der Waals surface area (Å²) in [5, 5.41) is 4.40. The zero-order valence-corrected chi connectivity index (χ0v) is 13.6. The molecular formula is C15H21Cl2NO2. The lowest BCUT2D eigenvalue weighted by atomic mass is 10.1. The molecule has 0 aromatic heterocycles. The van der Waals surface area contributed by atoms with Gasteiger partial charge in [-0.2, -0.15) is 0 Å². The van der Waals surface area contributed by atoms with Gasteiger partial charge in [0.2, 0.25) is 0 Å². The molecule has 1 aromatic rings. The van der Waals surface area contributed by atoms with Crippen LogP contribution in [0.25, 0.3) is 0 Å². The molecule has 112 valence electrons. The van der Waals surface area contributed by atoms with Crippen molar-refractivity contribution in [3.05, 3.63) is 34.3 Å². The average Bonchev–Trinajstić information content (AvgIpc) is 2.36. The van der Waals surface area contributed by atoms with Crippen LogP contribution in [0.2, 0.25) is 5.02 Å². The Kier molecular flexibility index (Phi) is 7.20. The van der Waals surface area contributed by atoms with Crippen molar-refractivity contribution in [2.24, 2.45) is 5.92 Å². The standard InChI is InChI=1S/C15H21Cl2NO2/c1-10(2)7-18-8-12-5-13(17)6-14(19-4)15(12)20-9-11(3)16/h5-6,10,18H,3,7-9H2,1-2,4H3. The van der Waals surface area contributed by atoms with Crippen LogP contribution < -0.4 is 14.8 Å². The maximum absolute atomic E-state index is 6.10. The van der Waals surface area contributed by atoms with Crippen molar-refractivity contribution in [3.8, 4) is 11.5 Å². The first-order valence-corrected chi connectivity index (χ1v) is 7.22. The van der Waals surface area contributed by atoms with E-state index in [1.54, 1.807) is 13.2 Å². The second kappa shape index (κ2) is 8.40. The van der Waals surface area contributed by atoms with Gasteiger partial charge in [-0.05, 0) is 18.5 Å². The number of halogens is 2. The van der Waals surface area contributed by atoms with Gasteiger partial charge in [0.1, 0.15) is 6.61 Å². The van der Waals surface area contributed by atoms with Gasteiger partial charge in [0.25, 0.3) is 0 Å². The van der Waals surface area contributed by atoms with E-state index in [4.69, 9.17) is 32.7 Å². The summed E-state index contributed by atoms with van der Waals surface area (Å²) in [7, 11) is 1.58. The quantitative estimate of drug-likeness (QED) is 0.778. The van der Waals surface area contributed by atoms with E-state index >= 15 is 0 Å². The minimum absolute atomic E-state index is 0.233. The molecule has 0 aliphatic heterocycles. The van der Waals surface area contributed by atoms with Crippen molar-refractivity contribution in [2.45, 2.75) is 20.4 Å². The summed E-state index contributed by atoms with van der Waals surface area (Å²) in [5.41, 5.74) is 0.938. The third-order valence-electron chi connectivity index (χ3n) is 2.56. The maximum Gasteiger partial charge on any atom is 0.166 e. The van der Waals surface area contributed by atoms with E-state index < -0.39 is 0 Å². The largest absolute Gasteiger partial charge is 0.493 e. The summed E-state index contributed by atoms with van der Waals surface area (Å²) >= 11 is 11.8. The fraction of sp³-hybridized carbons (Fsp3) is 0.467. The highest BCUT2D eigenvalue weighted by atomic mass is 35.5. The lowest BCUT2D eigenvalue weighted by molar-refractivity contribution is 0.319. The molecule has 0 unspecified atom stereocenters.